The Hall–Kier alpha value is -2.04. The van der Waals surface area contributed by atoms with Crippen LogP contribution in [0.25, 0.3) is 0 Å². The molecule has 1 N–H and O–H groups in total. The molecule has 0 fully saturated rings. The van der Waals surface area contributed by atoms with Gasteiger partial charge >= 0.3 is 5.97 Å². The number of ether oxygens (including phenoxy) is 1. The van der Waals surface area contributed by atoms with Crippen molar-refractivity contribution in [2.75, 3.05) is 30.4 Å². The minimum atomic E-state index is -0.286. The first-order valence-corrected chi connectivity index (χ1v) is 5.90. The van der Waals surface area contributed by atoms with Gasteiger partial charge in [0.25, 0.3) is 0 Å². The highest BCUT2D eigenvalue weighted by Gasteiger charge is 2.23. The lowest BCUT2D eigenvalue weighted by molar-refractivity contribution is -0.140. The molecule has 1 heterocycles. The van der Waals surface area contributed by atoms with Gasteiger partial charge in [-0.05, 0) is 30.7 Å². The smallest absolute Gasteiger partial charge is 0.325 e. The zero-order chi connectivity index (χ0) is 13.1. The normalized spacial score (nSPS) is 13.4. The molecule has 1 aliphatic rings. The number of benzene rings is 1. The van der Waals surface area contributed by atoms with Crippen molar-refractivity contribution >= 4 is 23.3 Å². The van der Waals surface area contributed by atoms with Crippen molar-refractivity contribution in [2.45, 2.75) is 13.3 Å². The van der Waals surface area contributed by atoms with Crippen LogP contribution >= 0.6 is 0 Å². The van der Waals surface area contributed by atoms with E-state index in [1.165, 1.54) is 0 Å². The van der Waals surface area contributed by atoms with E-state index in [2.05, 4.69) is 5.32 Å². The molecular weight excluding hydrogens is 232 g/mol. The first-order valence-electron chi connectivity index (χ1n) is 5.90. The number of rotatable bonds is 4. The van der Waals surface area contributed by atoms with Gasteiger partial charge in [0.2, 0.25) is 5.91 Å². The maximum Gasteiger partial charge on any atom is 0.325 e. The van der Waals surface area contributed by atoms with E-state index in [1.807, 2.05) is 18.2 Å². The second-order valence-corrected chi connectivity index (χ2v) is 4.13. The molecule has 0 saturated carbocycles. The molecule has 0 aliphatic carbocycles. The molecule has 0 atom stereocenters. The summed E-state index contributed by atoms with van der Waals surface area (Å²) in [6.45, 7) is 2.29. The first-order chi connectivity index (χ1) is 8.61. The minimum absolute atomic E-state index is 0.0903. The lowest BCUT2D eigenvalue weighted by atomic mass is 10.1. The van der Waals surface area contributed by atoms with Gasteiger partial charge in [0.1, 0.15) is 6.54 Å². The van der Waals surface area contributed by atoms with Crippen LogP contribution in [0.4, 0.5) is 11.4 Å². The molecule has 0 aromatic heterocycles. The van der Waals surface area contributed by atoms with Gasteiger partial charge in [-0.2, -0.15) is 0 Å². The molecule has 0 unspecified atom stereocenters. The summed E-state index contributed by atoms with van der Waals surface area (Å²) < 4.78 is 4.83. The SMILES string of the molecule is CCOC(=O)CNc1ccc2c(c1)CC(=O)N2C. The summed E-state index contributed by atoms with van der Waals surface area (Å²) in [5.74, 6) is -0.196. The molecular formula is C13H16N2O3. The average molecular weight is 248 g/mol. The fourth-order valence-electron chi connectivity index (χ4n) is 1.97. The molecule has 0 saturated heterocycles. The number of carbonyl (C=O) groups excluding carboxylic acids is 2. The fourth-order valence-corrected chi connectivity index (χ4v) is 1.97. The van der Waals surface area contributed by atoms with E-state index in [1.54, 1.807) is 18.9 Å². The van der Waals surface area contributed by atoms with Gasteiger partial charge in [-0.3, -0.25) is 9.59 Å². The molecule has 0 bridgehead atoms. The Labute approximate surface area is 106 Å². The Morgan fingerprint density at radius 1 is 1.50 bits per heavy atom. The Kier molecular flexibility index (Phi) is 3.50. The van der Waals surface area contributed by atoms with Gasteiger partial charge in [0.05, 0.1) is 13.0 Å². The number of esters is 1. The average Bonchev–Trinajstić information content (AvgIpc) is 2.63. The standard InChI is InChI=1S/C13H16N2O3/c1-3-18-13(17)8-14-10-4-5-11-9(6-10)7-12(16)15(11)2/h4-6,14H,3,7-8H2,1-2H3. The molecule has 18 heavy (non-hydrogen) atoms. The number of amides is 1. The molecule has 1 aliphatic heterocycles. The summed E-state index contributed by atoms with van der Waals surface area (Å²) in [7, 11) is 1.76. The number of nitrogens with zero attached hydrogens (tertiary/aromatic N) is 1. The molecule has 96 valence electrons. The Morgan fingerprint density at radius 3 is 3.00 bits per heavy atom. The van der Waals surface area contributed by atoms with E-state index in [-0.39, 0.29) is 18.4 Å². The van der Waals surface area contributed by atoms with Crippen molar-refractivity contribution < 1.29 is 14.3 Å². The number of fused-ring (bicyclic) bond motifs is 1. The van der Waals surface area contributed by atoms with Crippen molar-refractivity contribution in [2.24, 2.45) is 0 Å². The monoisotopic (exact) mass is 248 g/mol. The van der Waals surface area contributed by atoms with Crippen LogP contribution < -0.4 is 10.2 Å². The van der Waals surface area contributed by atoms with Crippen LogP contribution in [0.15, 0.2) is 18.2 Å². The van der Waals surface area contributed by atoms with Crippen LogP contribution in [0.3, 0.4) is 0 Å². The highest BCUT2D eigenvalue weighted by Crippen LogP contribution is 2.29. The Balaban J connectivity index is 2.03. The lowest BCUT2D eigenvalue weighted by Gasteiger charge is -2.11. The zero-order valence-corrected chi connectivity index (χ0v) is 10.5. The molecule has 2 rings (SSSR count). The Morgan fingerprint density at radius 2 is 2.28 bits per heavy atom. The van der Waals surface area contributed by atoms with Crippen LogP contribution in [0, 0.1) is 0 Å². The molecule has 1 amide bonds. The summed E-state index contributed by atoms with van der Waals surface area (Å²) in [6, 6.07) is 5.64. The number of hydrogen-bond donors (Lipinski definition) is 1. The first kappa shape index (κ1) is 12.4. The van der Waals surface area contributed by atoms with Gasteiger partial charge in [-0.15, -0.1) is 0 Å². The van der Waals surface area contributed by atoms with Gasteiger partial charge in [0.15, 0.2) is 0 Å². The van der Waals surface area contributed by atoms with Crippen molar-refractivity contribution in [1.29, 1.82) is 0 Å². The third-order valence-corrected chi connectivity index (χ3v) is 2.90. The fraction of sp³-hybridized carbons (Fsp3) is 0.385. The summed E-state index contributed by atoms with van der Waals surface area (Å²) >= 11 is 0. The van der Waals surface area contributed by atoms with Crippen molar-refractivity contribution in [3.63, 3.8) is 0 Å². The third-order valence-electron chi connectivity index (χ3n) is 2.90. The maximum absolute atomic E-state index is 11.5. The molecule has 0 spiro atoms. The molecule has 1 aromatic rings. The number of likely N-dealkylation sites (N-methyl/N-ethyl adjacent to an activating group) is 1. The number of carbonyl (C=O) groups is 2. The summed E-state index contributed by atoms with van der Waals surface area (Å²) in [6.07, 6.45) is 0.417. The second kappa shape index (κ2) is 5.08. The minimum Gasteiger partial charge on any atom is -0.465 e. The predicted molar refractivity (Wildman–Crippen MR) is 68.7 cm³/mol. The van der Waals surface area contributed by atoms with E-state index in [0.717, 1.165) is 16.9 Å². The van der Waals surface area contributed by atoms with E-state index in [0.29, 0.717) is 13.0 Å². The largest absolute Gasteiger partial charge is 0.465 e. The topological polar surface area (TPSA) is 58.6 Å². The number of anilines is 2. The van der Waals surface area contributed by atoms with Crippen molar-refractivity contribution in [1.82, 2.24) is 0 Å². The lowest BCUT2D eigenvalue weighted by Crippen LogP contribution is -2.20. The van der Waals surface area contributed by atoms with E-state index in [9.17, 15) is 9.59 Å². The van der Waals surface area contributed by atoms with E-state index < -0.39 is 0 Å². The predicted octanol–water partition coefficient (Wildman–Crippen LogP) is 1.18. The maximum atomic E-state index is 11.5. The second-order valence-electron chi connectivity index (χ2n) is 4.13. The van der Waals surface area contributed by atoms with Crippen LogP contribution in [0.5, 0.6) is 0 Å². The van der Waals surface area contributed by atoms with Crippen molar-refractivity contribution in [3.05, 3.63) is 23.8 Å². The Bertz CT molecular complexity index is 485. The van der Waals surface area contributed by atoms with Crippen LogP contribution in [0.2, 0.25) is 0 Å². The van der Waals surface area contributed by atoms with Gasteiger partial charge in [-0.1, -0.05) is 0 Å². The molecule has 1 aromatic carbocycles. The van der Waals surface area contributed by atoms with Gasteiger partial charge < -0.3 is 15.0 Å². The van der Waals surface area contributed by atoms with Crippen molar-refractivity contribution in [3.8, 4) is 0 Å². The molecule has 5 heteroatoms. The van der Waals surface area contributed by atoms with Crippen LogP contribution in [-0.4, -0.2) is 32.1 Å². The van der Waals surface area contributed by atoms with Gasteiger partial charge in [0, 0.05) is 18.4 Å². The highest BCUT2D eigenvalue weighted by atomic mass is 16.5. The quantitative estimate of drug-likeness (QED) is 0.813. The number of hydrogen-bond acceptors (Lipinski definition) is 4. The number of nitrogens with one attached hydrogen (secondary N) is 1. The highest BCUT2D eigenvalue weighted by molar-refractivity contribution is 6.01. The summed E-state index contributed by atoms with van der Waals surface area (Å²) in [5.41, 5.74) is 2.74. The van der Waals surface area contributed by atoms with Crippen LogP contribution in [0.1, 0.15) is 12.5 Å². The van der Waals surface area contributed by atoms with E-state index in [4.69, 9.17) is 4.74 Å². The molecule has 5 nitrogen and oxygen atoms in total. The van der Waals surface area contributed by atoms with E-state index >= 15 is 0 Å². The summed E-state index contributed by atoms with van der Waals surface area (Å²) in [4.78, 5) is 24.4. The summed E-state index contributed by atoms with van der Waals surface area (Å²) in [5, 5.41) is 2.98. The van der Waals surface area contributed by atoms with Gasteiger partial charge in [-0.25, -0.2) is 0 Å². The zero-order valence-electron chi connectivity index (χ0n) is 10.5. The van der Waals surface area contributed by atoms with Crippen LogP contribution in [-0.2, 0) is 20.7 Å². The third kappa shape index (κ3) is 2.45. The molecule has 0 radical (unpaired) electrons.